The highest BCUT2D eigenvalue weighted by molar-refractivity contribution is 6.13. The van der Waals surface area contributed by atoms with Crippen molar-refractivity contribution in [3.05, 3.63) is 29.8 Å². The number of fused-ring (bicyclic) bond motifs is 2. The number of amides is 1. The van der Waals surface area contributed by atoms with Crippen LogP contribution in [0.25, 0.3) is 0 Å². The van der Waals surface area contributed by atoms with Crippen molar-refractivity contribution in [2.75, 3.05) is 11.4 Å². The molecule has 1 saturated carbocycles. The maximum atomic E-state index is 12.7. The fourth-order valence-corrected chi connectivity index (χ4v) is 3.19. The summed E-state index contributed by atoms with van der Waals surface area (Å²) >= 11 is 0. The number of aliphatic carboxylic acids is 1. The molecule has 1 aromatic carbocycles. The van der Waals surface area contributed by atoms with Crippen LogP contribution in [-0.2, 0) is 15.0 Å². The summed E-state index contributed by atoms with van der Waals surface area (Å²) in [6, 6.07) is 7.60. The van der Waals surface area contributed by atoms with Crippen molar-refractivity contribution in [3.8, 4) is 0 Å². The van der Waals surface area contributed by atoms with E-state index in [0.717, 1.165) is 11.3 Å². The molecule has 1 spiro atoms. The number of para-hydroxylation sites is 1. The lowest BCUT2D eigenvalue weighted by Gasteiger charge is -2.20. The zero-order valence-electron chi connectivity index (χ0n) is 11.1. The van der Waals surface area contributed by atoms with E-state index in [1.165, 1.54) is 0 Å². The van der Waals surface area contributed by atoms with Crippen LogP contribution < -0.4 is 4.90 Å². The maximum absolute atomic E-state index is 12.7. The summed E-state index contributed by atoms with van der Waals surface area (Å²) in [6.45, 7) is 4.76. The Morgan fingerprint density at radius 2 is 2.16 bits per heavy atom. The van der Waals surface area contributed by atoms with E-state index in [0.29, 0.717) is 18.9 Å². The van der Waals surface area contributed by atoms with Gasteiger partial charge in [-0.3, -0.25) is 9.59 Å². The molecule has 19 heavy (non-hydrogen) atoms. The summed E-state index contributed by atoms with van der Waals surface area (Å²) in [5, 5.41) is 9.22. The quantitative estimate of drug-likeness (QED) is 0.903. The molecule has 0 bridgehead atoms. The summed E-state index contributed by atoms with van der Waals surface area (Å²) in [7, 11) is 0. The van der Waals surface area contributed by atoms with E-state index in [-0.39, 0.29) is 5.91 Å². The summed E-state index contributed by atoms with van der Waals surface area (Å²) < 4.78 is 0. The average Bonchev–Trinajstić information content (AvgIpc) is 3.07. The van der Waals surface area contributed by atoms with Crippen molar-refractivity contribution >= 4 is 17.6 Å². The van der Waals surface area contributed by atoms with Crippen molar-refractivity contribution in [2.45, 2.75) is 25.7 Å². The number of nitrogens with zero attached hydrogens (tertiary/aromatic N) is 1. The number of carbonyl (C=O) groups is 2. The minimum Gasteiger partial charge on any atom is -0.481 e. The molecule has 1 N–H and O–H groups in total. The molecule has 2 aliphatic rings. The lowest BCUT2D eigenvalue weighted by molar-refractivity contribution is -0.140. The van der Waals surface area contributed by atoms with Gasteiger partial charge < -0.3 is 10.0 Å². The fourth-order valence-electron chi connectivity index (χ4n) is 3.19. The third kappa shape index (κ3) is 1.52. The summed E-state index contributed by atoms with van der Waals surface area (Å²) in [5.74, 6) is -1.10. The first-order valence-corrected chi connectivity index (χ1v) is 6.62. The second-order valence-corrected chi connectivity index (χ2v) is 5.89. The van der Waals surface area contributed by atoms with E-state index >= 15 is 0 Å². The molecule has 0 aromatic heterocycles. The van der Waals surface area contributed by atoms with Gasteiger partial charge in [-0.25, -0.2) is 0 Å². The Labute approximate surface area is 112 Å². The molecule has 0 saturated heterocycles. The third-order valence-electron chi connectivity index (χ3n) is 4.11. The number of rotatable bonds is 3. The molecule has 3 rings (SSSR count). The molecule has 0 unspecified atom stereocenters. The average molecular weight is 259 g/mol. The molecule has 2 atom stereocenters. The van der Waals surface area contributed by atoms with E-state index < -0.39 is 17.3 Å². The van der Waals surface area contributed by atoms with Gasteiger partial charge in [0.25, 0.3) is 0 Å². The van der Waals surface area contributed by atoms with Crippen molar-refractivity contribution in [1.82, 2.24) is 0 Å². The SMILES string of the molecule is CC(C)CN1C(=O)[C@]2(C[C@@H]2C(=O)O)c2ccccc21. The van der Waals surface area contributed by atoms with Gasteiger partial charge in [-0.2, -0.15) is 0 Å². The second kappa shape index (κ2) is 3.83. The minimum atomic E-state index is -0.866. The van der Waals surface area contributed by atoms with Gasteiger partial charge in [0.05, 0.1) is 11.3 Å². The molecule has 0 radical (unpaired) electrons. The highest BCUT2D eigenvalue weighted by Gasteiger charge is 2.69. The van der Waals surface area contributed by atoms with Gasteiger partial charge in [-0.15, -0.1) is 0 Å². The number of anilines is 1. The standard InChI is InChI=1S/C15H17NO3/c1-9(2)8-16-12-6-4-3-5-10(12)15(14(16)19)7-11(15)13(17)18/h3-6,9,11H,7-8H2,1-2H3,(H,17,18)/t11-,15-/m1/s1. The molecule has 1 aliphatic carbocycles. The Kier molecular flexibility index (Phi) is 2.46. The summed E-state index contributed by atoms with van der Waals surface area (Å²) in [4.78, 5) is 25.7. The Bertz CT molecular complexity index is 566. The van der Waals surface area contributed by atoms with Gasteiger partial charge in [-0.05, 0) is 24.0 Å². The van der Waals surface area contributed by atoms with Gasteiger partial charge >= 0.3 is 5.97 Å². The molecule has 4 nitrogen and oxygen atoms in total. The lowest BCUT2D eigenvalue weighted by atomic mass is 9.95. The first-order chi connectivity index (χ1) is 8.98. The van der Waals surface area contributed by atoms with Crippen LogP contribution in [0.3, 0.4) is 0 Å². The predicted molar refractivity (Wildman–Crippen MR) is 71.1 cm³/mol. The van der Waals surface area contributed by atoms with Crippen molar-refractivity contribution in [2.24, 2.45) is 11.8 Å². The number of benzene rings is 1. The molecular weight excluding hydrogens is 242 g/mol. The highest BCUT2D eigenvalue weighted by atomic mass is 16.4. The third-order valence-corrected chi connectivity index (χ3v) is 4.11. The Morgan fingerprint density at radius 1 is 1.47 bits per heavy atom. The Morgan fingerprint density at radius 3 is 2.74 bits per heavy atom. The second-order valence-electron chi connectivity index (χ2n) is 5.89. The van der Waals surface area contributed by atoms with E-state index in [1.807, 2.05) is 24.3 Å². The van der Waals surface area contributed by atoms with Crippen LogP contribution in [-0.4, -0.2) is 23.5 Å². The van der Waals surface area contributed by atoms with Crippen molar-refractivity contribution in [1.29, 1.82) is 0 Å². The zero-order chi connectivity index (χ0) is 13.8. The van der Waals surface area contributed by atoms with Crippen LogP contribution in [0.1, 0.15) is 25.8 Å². The van der Waals surface area contributed by atoms with Crippen molar-refractivity contribution < 1.29 is 14.7 Å². The monoisotopic (exact) mass is 259 g/mol. The topological polar surface area (TPSA) is 57.6 Å². The molecule has 1 heterocycles. The van der Waals surface area contributed by atoms with Crippen LogP contribution >= 0.6 is 0 Å². The molecule has 1 fully saturated rings. The molecule has 1 aliphatic heterocycles. The molecule has 1 aromatic rings. The number of carboxylic acid groups (broad SMARTS) is 1. The van der Waals surface area contributed by atoms with Crippen molar-refractivity contribution in [3.63, 3.8) is 0 Å². The van der Waals surface area contributed by atoms with Crippen LogP contribution in [0.4, 0.5) is 5.69 Å². The number of hydrogen-bond acceptors (Lipinski definition) is 2. The normalized spacial score (nSPS) is 28.1. The lowest BCUT2D eigenvalue weighted by Crippen LogP contribution is -2.36. The first kappa shape index (κ1) is 12.2. The van der Waals surface area contributed by atoms with Crippen LogP contribution in [0.2, 0.25) is 0 Å². The summed E-state index contributed by atoms with van der Waals surface area (Å²) in [6.07, 6.45) is 0.437. The Balaban J connectivity index is 2.06. The predicted octanol–water partition coefficient (Wildman–Crippen LogP) is 2.03. The highest BCUT2D eigenvalue weighted by Crippen LogP contribution is 2.61. The van der Waals surface area contributed by atoms with Gasteiger partial charge in [0, 0.05) is 12.2 Å². The van der Waals surface area contributed by atoms with E-state index in [2.05, 4.69) is 13.8 Å². The minimum absolute atomic E-state index is 0.0326. The van der Waals surface area contributed by atoms with Gasteiger partial charge in [0.2, 0.25) is 5.91 Å². The van der Waals surface area contributed by atoms with Gasteiger partial charge in [0.1, 0.15) is 0 Å². The zero-order valence-corrected chi connectivity index (χ0v) is 11.1. The van der Waals surface area contributed by atoms with Crippen LogP contribution in [0.15, 0.2) is 24.3 Å². The number of carbonyl (C=O) groups excluding carboxylic acids is 1. The summed E-state index contributed by atoms with van der Waals surface area (Å²) in [5.41, 5.74) is 1.01. The number of carboxylic acids is 1. The van der Waals surface area contributed by atoms with E-state index in [9.17, 15) is 14.7 Å². The molecule has 4 heteroatoms. The van der Waals surface area contributed by atoms with E-state index in [1.54, 1.807) is 4.90 Å². The molecule has 1 amide bonds. The smallest absolute Gasteiger partial charge is 0.307 e. The van der Waals surface area contributed by atoms with Gasteiger partial charge in [0.15, 0.2) is 0 Å². The van der Waals surface area contributed by atoms with Crippen LogP contribution in [0.5, 0.6) is 0 Å². The van der Waals surface area contributed by atoms with Crippen LogP contribution in [0, 0.1) is 11.8 Å². The molecule has 100 valence electrons. The molecular formula is C15H17NO3. The van der Waals surface area contributed by atoms with E-state index in [4.69, 9.17) is 0 Å². The van der Waals surface area contributed by atoms with Gasteiger partial charge in [-0.1, -0.05) is 32.0 Å². The fraction of sp³-hybridized carbons (Fsp3) is 0.467. The maximum Gasteiger partial charge on any atom is 0.307 e. The number of hydrogen-bond donors (Lipinski definition) is 1. The largest absolute Gasteiger partial charge is 0.481 e. The Hall–Kier alpha value is -1.84. The first-order valence-electron chi connectivity index (χ1n) is 6.62.